The summed E-state index contributed by atoms with van der Waals surface area (Å²) in [5.41, 5.74) is 4.66. The van der Waals surface area contributed by atoms with E-state index in [0.29, 0.717) is 0 Å². The third-order valence-corrected chi connectivity index (χ3v) is 5.37. The molecule has 0 amide bonds. The molecule has 0 aromatic rings. The number of ether oxygens (including phenoxy) is 1. The number of rotatable bonds is 10. The summed E-state index contributed by atoms with van der Waals surface area (Å²) in [7, 11) is 0. The van der Waals surface area contributed by atoms with Crippen molar-refractivity contribution in [2.24, 2.45) is 0 Å². The summed E-state index contributed by atoms with van der Waals surface area (Å²) in [6.07, 6.45) is 12.8. The Hall–Kier alpha value is -0.990. The molecule has 25 heavy (non-hydrogen) atoms. The van der Waals surface area contributed by atoms with Gasteiger partial charge in [0.2, 0.25) is 0 Å². The van der Waals surface area contributed by atoms with Gasteiger partial charge in [-0.25, -0.2) is 0 Å². The maximum Gasteiger partial charge on any atom is 0.0942 e. The lowest BCUT2D eigenvalue weighted by Gasteiger charge is -2.27. The molecule has 1 saturated carbocycles. The number of hydrogen-bond donors (Lipinski definition) is 0. The van der Waals surface area contributed by atoms with E-state index < -0.39 is 5.60 Å². The number of unbranched alkanes of at least 4 members (excludes halogenated alkanes) is 3. The molecule has 1 unspecified atom stereocenters. The van der Waals surface area contributed by atoms with Gasteiger partial charge in [-0.1, -0.05) is 63.2 Å². The molecule has 1 nitrogen and oxygen atoms in total. The Kier molecular flexibility index (Phi) is 9.02. The van der Waals surface area contributed by atoms with Gasteiger partial charge in [-0.2, -0.15) is 0 Å². The van der Waals surface area contributed by atoms with Gasteiger partial charge in [-0.05, 0) is 76.2 Å². The fourth-order valence-electron chi connectivity index (χ4n) is 3.07. The smallest absolute Gasteiger partial charge is 0.0942 e. The summed E-state index contributed by atoms with van der Waals surface area (Å²) in [6.45, 7) is 18.8. The van der Waals surface area contributed by atoms with Crippen LogP contribution in [0.1, 0.15) is 79.6 Å². The second-order valence-corrected chi connectivity index (χ2v) is 8.32. The fraction of sp³-hybridized carbons (Fsp3) is 0.609. The van der Waals surface area contributed by atoms with E-state index in [1.54, 1.807) is 0 Å². The predicted octanol–water partition coefficient (Wildman–Crippen LogP) is 7.29. The summed E-state index contributed by atoms with van der Waals surface area (Å²) < 4.78 is 6.15. The van der Waals surface area contributed by atoms with Gasteiger partial charge in [-0.15, -0.1) is 0 Å². The molecular weight excluding hydrogens is 324 g/mol. The first-order valence-corrected chi connectivity index (χ1v) is 10.1. The molecule has 0 aromatic carbocycles. The van der Waals surface area contributed by atoms with Crippen molar-refractivity contribution < 1.29 is 4.74 Å². The van der Waals surface area contributed by atoms with E-state index >= 15 is 0 Å². The van der Waals surface area contributed by atoms with E-state index in [1.807, 2.05) is 20.8 Å². The molecule has 0 saturated heterocycles. The molecular formula is C23H36OS. The molecule has 0 radical (unpaired) electrons. The lowest BCUT2D eigenvalue weighted by Crippen LogP contribution is -2.34. The van der Waals surface area contributed by atoms with Crippen molar-refractivity contribution in [3.05, 3.63) is 47.6 Å². The lowest BCUT2D eigenvalue weighted by molar-refractivity contribution is 0.00603. The van der Waals surface area contributed by atoms with E-state index in [0.717, 1.165) is 24.1 Å². The normalized spacial score (nSPS) is 19.6. The van der Waals surface area contributed by atoms with Crippen LogP contribution in [0.2, 0.25) is 0 Å². The second kappa shape index (κ2) is 10.2. The fourth-order valence-corrected chi connectivity index (χ4v) is 3.12. The van der Waals surface area contributed by atoms with Crippen molar-refractivity contribution in [3.8, 4) is 0 Å². The highest BCUT2D eigenvalue weighted by Gasteiger charge is 2.25. The number of hydrogen-bond acceptors (Lipinski definition) is 2. The Morgan fingerprint density at radius 1 is 1.28 bits per heavy atom. The van der Waals surface area contributed by atoms with Crippen LogP contribution in [0.5, 0.6) is 0 Å². The predicted molar refractivity (Wildman–Crippen MR) is 115 cm³/mol. The first-order valence-electron chi connectivity index (χ1n) is 9.65. The number of allylic oxidation sites excluding steroid dienone is 5. The Bertz CT molecular complexity index is 563. The summed E-state index contributed by atoms with van der Waals surface area (Å²) in [6, 6.07) is 0. The van der Waals surface area contributed by atoms with Gasteiger partial charge >= 0.3 is 0 Å². The SMILES string of the molecule is C=C(/C=C1/CCC(=C)/C1=C/C(C)OC(C)(C)C(C)=S)CCCCCC. The Morgan fingerprint density at radius 2 is 1.96 bits per heavy atom. The zero-order valence-corrected chi connectivity index (χ0v) is 17.7. The van der Waals surface area contributed by atoms with Crippen molar-refractivity contribution in [3.63, 3.8) is 0 Å². The van der Waals surface area contributed by atoms with Gasteiger partial charge in [0.1, 0.15) is 0 Å². The molecule has 0 aromatic heterocycles. The minimum atomic E-state index is -0.390. The van der Waals surface area contributed by atoms with Crippen molar-refractivity contribution in [1.29, 1.82) is 0 Å². The molecule has 0 bridgehead atoms. The molecule has 1 fully saturated rings. The standard InChI is InChI=1S/C23H36OS/c1-8-9-10-11-12-17(2)15-21-14-13-18(3)22(21)16-19(4)24-23(6,7)20(5)25/h15-16,19H,2-3,8-14H2,1,4-7H3/b21-15-,22-16-. The molecule has 140 valence electrons. The quantitative estimate of drug-likeness (QED) is 0.299. The minimum absolute atomic E-state index is 0.000954. The first kappa shape index (κ1) is 22.1. The molecule has 1 rings (SSSR count). The van der Waals surface area contributed by atoms with E-state index in [-0.39, 0.29) is 6.10 Å². The molecule has 1 aliphatic carbocycles. The zero-order valence-electron chi connectivity index (χ0n) is 16.9. The molecule has 0 N–H and O–H groups in total. The largest absolute Gasteiger partial charge is 0.363 e. The average Bonchev–Trinajstić information content (AvgIpc) is 2.84. The maximum atomic E-state index is 6.15. The van der Waals surface area contributed by atoms with Gasteiger partial charge < -0.3 is 4.74 Å². The van der Waals surface area contributed by atoms with Crippen LogP contribution in [0.3, 0.4) is 0 Å². The summed E-state index contributed by atoms with van der Waals surface area (Å²) >= 11 is 5.31. The second-order valence-electron chi connectivity index (χ2n) is 7.71. The monoisotopic (exact) mass is 360 g/mol. The molecule has 1 aliphatic rings. The highest BCUT2D eigenvalue weighted by molar-refractivity contribution is 7.80. The molecule has 2 heteroatoms. The third-order valence-electron chi connectivity index (χ3n) is 4.88. The van der Waals surface area contributed by atoms with Gasteiger partial charge in [-0.3, -0.25) is 0 Å². The third kappa shape index (κ3) is 7.42. The van der Waals surface area contributed by atoms with Crippen molar-refractivity contribution in [2.75, 3.05) is 0 Å². The van der Waals surface area contributed by atoms with Crippen LogP contribution < -0.4 is 0 Å². The van der Waals surface area contributed by atoms with Crippen molar-refractivity contribution in [2.45, 2.75) is 91.3 Å². The summed E-state index contributed by atoms with van der Waals surface area (Å²) in [4.78, 5) is 0.874. The van der Waals surface area contributed by atoms with Crippen molar-refractivity contribution in [1.82, 2.24) is 0 Å². The van der Waals surface area contributed by atoms with E-state index in [9.17, 15) is 0 Å². The van der Waals surface area contributed by atoms with Crippen LogP contribution in [-0.4, -0.2) is 16.6 Å². The Labute approximate surface area is 160 Å². The molecule has 0 spiro atoms. The van der Waals surface area contributed by atoms with Crippen LogP contribution in [0, 0.1) is 0 Å². The zero-order chi connectivity index (χ0) is 19.0. The van der Waals surface area contributed by atoms with Gasteiger partial charge in [0.25, 0.3) is 0 Å². The van der Waals surface area contributed by atoms with E-state index in [2.05, 4.69) is 39.2 Å². The minimum Gasteiger partial charge on any atom is -0.363 e. The maximum absolute atomic E-state index is 6.15. The van der Waals surface area contributed by atoms with Gasteiger partial charge in [0.05, 0.1) is 11.7 Å². The van der Waals surface area contributed by atoms with Crippen LogP contribution in [0.25, 0.3) is 0 Å². The first-order chi connectivity index (χ1) is 11.7. The summed E-state index contributed by atoms with van der Waals surface area (Å²) in [5.74, 6) is 0. The Balaban J connectivity index is 2.78. The molecule has 0 heterocycles. The van der Waals surface area contributed by atoms with Gasteiger partial charge in [0, 0.05) is 4.86 Å². The Morgan fingerprint density at radius 3 is 2.56 bits per heavy atom. The number of thiocarbonyl (C=S) groups is 1. The van der Waals surface area contributed by atoms with E-state index in [1.165, 1.54) is 48.0 Å². The van der Waals surface area contributed by atoms with Crippen LogP contribution in [0.4, 0.5) is 0 Å². The summed E-state index contributed by atoms with van der Waals surface area (Å²) in [5, 5.41) is 0. The van der Waals surface area contributed by atoms with E-state index in [4.69, 9.17) is 17.0 Å². The highest BCUT2D eigenvalue weighted by Crippen LogP contribution is 2.36. The molecule has 0 aliphatic heterocycles. The van der Waals surface area contributed by atoms with Crippen LogP contribution in [0.15, 0.2) is 47.6 Å². The average molecular weight is 361 g/mol. The van der Waals surface area contributed by atoms with Crippen LogP contribution >= 0.6 is 12.2 Å². The topological polar surface area (TPSA) is 9.23 Å². The highest BCUT2D eigenvalue weighted by atomic mass is 32.1. The molecule has 1 atom stereocenters. The van der Waals surface area contributed by atoms with Crippen LogP contribution in [-0.2, 0) is 4.74 Å². The van der Waals surface area contributed by atoms with Crippen molar-refractivity contribution >= 4 is 17.1 Å². The lowest BCUT2D eigenvalue weighted by atomic mass is 10.00. The van der Waals surface area contributed by atoms with Gasteiger partial charge in [0.15, 0.2) is 0 Å².